The molecule has 1 N–H and O–H groups in total. The summed E-state index contributed by atoms with van der Waals surface area (Å²) < 4.78 is 31.7. The third-order valence-electron chi connectivity index (χ3n) is 6.21. The van der Waals surface area contributed by atoms with E-state index in [1.165, 1.54) is 11.1 Å². The second-order valence-corrected chi connectivity index (χ2v) is 8.86. The molecule has 0 bridgehead atoms. The number of benzene rings is 2. The van der Waals surface area contributed by atoms with Crippen LogP contribution in [0, 0.1) is 11.8 Å². The predicted molar refractivity (Wildman–Crippen MR) is 119 cm³/mol. The lowest BCUT2D eigenvalue weighted by Gasteiger charge is -2.45. The third-order valence-corrected chi connectivity index (χ3v) is 6.21. The quantitative estimate of drug-likeness (QED) is 0.722. The Kier molecular flexibility index (Phi) is 7.79. The van der Waals surface area contributed by atoms with Gasteiger partial charge in [0.15, 0.2) is 0 Å². The first-order valence-electron chi connectivity index (χ1n) is 11.0. The highest BCUT2D eigenvalue weighted by atomic mass is 19.4. The largest absolute Gasteiger partial charge is 0.490 e. The summed E-state index contributed by atoms with van der Waals surface area (Å²) in [6.45, 7) is 7.99. The van der Waals surface area contributed by atoms with E-state index < -0.39 is 12.1 Å². The Balaban J connectivity index is 0.000000383. The lowest BCUT2D eigenvalue weighted by Crippen LogP contribution is -2.56. The highest BCUT2D eigenvalue weighted by Crippen LogP contribution is 2.36. The van der Waals surface area contributed by atoms with E-state index in [-0.39, 0.29) is 5.92 Å². The zero-order chi connectivity index (χ0) is 24.2. The van der Waals surface area contributed by atoms with Crippen LogP contribution in [-0.4, -0.2) is 65.2 Å². The molecular weight excluding hydrogens is 433 g/mol. The van der Waals surface area contributed by atoms with Crippen LogP contribution in [-0.2, 0) is 9.59 Å². The average Bonchev–Trinajstić information content (AvgIpc) is 3.11. The third kappa shape index (κ3) is 6.13. The molecule has 5 nitrogen and oxygen atoms in total. The number of aliphatic carboxylic acids is 1. The molecule has 2 atom stereocenters. The zero-order valence-electron chi connectivity index (χ0n) is 18.7. The minimum absolute atomic E-state index is 0.0994. The molecule has 0 radical (unpaired) electrons. The van der Waals surface area contributed by atoms with Gasteiger partial charge in [-0.05, 0) is 11.1 Å². The number of amides is 1. The number of hydrogen-bond acceptors (Lipinski definition) is 3. The van der Waals surface area contributed by atoms with Gasteiger partial charge in [-0.15, -0.1) is 0 Å². The summed E-state index contributed by atoms with van der Waals surface area (Å²) in [6, 6.07) is 22.1. The molecule has 1 amide bonds. The summed E-state index contributed by atoms with van der Waals surface area (Å²) in [5, 5.41) is 7.12. The molecule has 2 aliphatic heterocycles. The number of likely N-dealkylation sites (tertiary alicyclic amines) is 2. The van der Waals surface area contributed by atoms with Crippen molar-refractivity contribution in [2.45, 2.75) is 32.0 Å². The predicted octanol–water partition coefficient (Wildman–Crippen LogP) is 4.25. The molecule has 178 valence electrons. The van der Waals surface area contributed by atoms with Crippen LogP contribution in [0.5, 0.6) is 0 Å². The van der Waals surface area contributed by atoms with Crippen molar-refractivity contribution in [2.75, 3.05) is 26.2 Å². The van der Waals surface area contributed by atoms with Crippen LogP contribution in [0.1, 0.15) is 30.9 Å². The molecule has 2 aliphatic rings. The van der Waals surface area contributed by atoms with E-state index in [2.05, 4.69) is 70.5 Å². The Labute approximate surface area is 191 Å². The lowest BCUT2D eigenvalue weighted by molar-refractivity contribution is -0.192. The van der Waals surface area contributed by atoms with Crippen LogP contribution in [0.3, 0.4) is 0 Å². The number of hydrogen-bond donors (Lipinski definition) is 1. The van der Waals surface area contributed by atoms with Gasteiger partial charge in [0.2, 0.25) is 5.91 Å². The van der Waals surface area contributed by atoms with Crippen molar-refractivity contribution in [1.29, 1.82) is 0 Å². The minimum atomic E-state index is -5.08. The number of carbonyl (C=O) groups is 2. The normalized spacial score (nSPS) is 20.2. The minimum Gasteiger partial charge on any atom is -0.475 e. The van der Waals surface area contributed by atoms with E-state index in [4.69, 9.17) is 9.90 Å². The molecular formula is C25H29F3N2O3. The summed E-state index contributed by atoms with van der Waals surface area (Å²) in [7, 11) is 0. The van der Waals surface area contributed by atoms with Crippen LogP contribution in [0.4, 0.5) is 13.2 Å². The Morgan fingerprint density at radius 3 is 1.85 bits per heavy atom. The molecule has 0 aromatic heterocycles. The van der Waals surface area contributed by atoms with Crippen LogP contribution in [0.15, 0.2) is 60.7 Å². The van der Waals surface area contributed by atoms with E-state index >= 15 is 0 Å². The Morgan fingerprint density at radius 2 is 1.42 bits per heavy atom. The molecule has 4 rings (SSSR count). The first-order valence-corrected chi connectivity index (χ1v) is 11.0. The number of rotatable bonds is 5. The summed E-state index contributed by atoms with van der Waals surface area (Å²) in [4.78, 5) is 25.9. The molecule has 0 aliphatic carbocycles. The Morgan fingerprint density at radius 1 is 0.939 bits per heavy atom. The second kappa shape index (κ2) is 10.4. The van der Waals surface area contributed by atoms with E-state index in [9.17, 15) is 18.0 Å². The fourth-order valence-corrected chi connectivity index (χ4v) is 4.51. The summed E-state index contributed by atoms with van der Waals surface area (Å²) in [5.41, 5.74) is 2.74. The molecule has 8 heteroatoms. The van der Waals surface area contributed by atoms with Gasteiger partial charge in [0.1, 0.15) is 0 Å². The molecule has 2 saturated heterocycles. The van der Waals surface area contributed by atoms with E-state index in [0.29, 0.717) is 23.8 Å². The second-order valence-electron chi connectivity index (χ2n) is 8.86. The van der Waals surface area contributed by atoms with E-state index in [1.54, 1.807) is 0 Å². The zero-order valence-corrected chi connectivity index (χ0v) is 18.7. The topological polar surface area (TPSA) is 60.9 Å². The molecule has 2 aromatic rings. The van der Waals surface area contributed by atoms with E-state index in [0.717, 1.165) is 26.2 Å². The van der Waals surface area contributed by atoms with Crippen molar-refractivity contribution in [3.8, 4) is 0 Å². The maximum Gasteiger partial charge on any atom is 0.490 e. The SMILES string of the molecule is CC(C)C(=O)N1CC2CN(CC(c3ccccc3)c3ccccc3)C2C1.O=C(O)C(F)(F)F. The fourth-order valence-electron chi connectivity index (χ4n) is 4.51. The fraction of sp³-hybridized carbons (Fsp3) is 0.440. The van der Waals surface area contributed by atoms with Crippen molar-refractivity contribution in [3.63, 3.8) is 0 Å². The number of alkyl halides is 3. The molecule has 2 heterocycles. The highest BCUT2D eigenvalue weighted by Gasteiger charge is 2.47. The van der Waals surface area contributed by atoms with Crippen molar-refractivity contribution < 1.29 is 27.9 Å². The average molecular weight is 463 g/mol. The van der Waals surface area contributed by atoms with Crippen molar-refractivity contribution in [3.05, 3.63) is 71.8 Å². The molecule has 0 spiro atoms. The molecule has 2 unspecified atom stereocenters. The maximum atomic E-state index is 12.3. The van der Waals surface area contributed by atoms with Crippen LogP contribution >= 0.6 is 0 Å². The van der Waals surface area contributed by atoms with Crippen LogP contribution < -0.4 is 0 Å². The lowest BCUT2D eigenvalue weighted by atomic mass is 9.86. The Hall–Kier alpha value is -2.87. The van der Waals surface area contributed by atoms with Gasteiger partial charge in [-0.1, -0.05) is 74.5 Å². The number of nitrogens with zero attached hydrogens (tertiary/aromatic N) is 2. The van der Waals surface area contributed by atoms with Crippen molar-refractivity contribution >= 4 is 11.9 Å². The van der Waals surface area contributed by atoms with Gasteiger partial charge in [-0.2, -0.15) is 13.2 Å². The molecule has 2 fully saturated rings. The van der Waals surface area contributed by atoms with Crippen molar-refractivity contribution in [1.82, 2.24) is 9.80 Å². The first-order chi connectivity index (χ1) is 15.6. The number of carbonyl (C=O) groups excluding carboxylic acids is 1. The van der Waals surface area contributed by atoms with Gasteiger partial charge in [0.05, 0.1) is 0 Å². The molecule has 2 aromatic carbocycles. The van der Waals surface area contributed by atoms with Crippen LogP contribution in [0.2, 0.25) is 0 Å². The summed E-state index contributed by atoms with van der Waals surface area (Å²) in [5.74, 6) is -1.31. The number of fused-ring (bicyclic) bond motifs is 1. The molecule has 0 saturated carbocycles. The van der Waals surface area contributed by atoms with Crippen molar-refractivity contribution in [2.24, 2.45) is 11.8 Å². The first kappa shape index (κ1) is 24.8. The van der Waals surface area contributed by atoms with E-state index in [1.807, 2.05) is 13.8 Å². The highest BCUT2D eigenvalue weighted by molar-refractivity contribution is 5.78. The van der Waals surface area contributed by atoms with Gasteiger partial charge in [-0.3, -0.25) is 9.69 Å². The maximum absolute atomic E-state index is 12.3. The number of carboxylic acid groups (broad SMARTS) is 1. The number of halogens is 3. The van der Waals surface area contributed by atoms with Gasteiger partial charge in [-0.25, -0.2) is 4.79 Å². The smallest absolute Gasteiger partial charge is 0.475 e. The van der Waals surface area contributed by atoms with Gasteiger partial charge in [0.25, 0.3) is 0 Å². The van der Waals surface area contributed by atoms with Gasteiger partial charge >= 0.3 is 12.1 Å². The van der Waals surface area contributed by atoms with Crippen LogP contribution in [0.25, 0.3) is 0 Å². The van der Waals surface area contributed by atoms with Gasteiger partial charge < -0.3 is 10.0 Å². The monoisotopic (exact) mass is 462 g/mol. The summed E-state index contributed by atoms with van der Waals surface area (Å²) in [6.07, 6.45) is -5.08. The van der Waals surface area contributed by atoms with Gasteiger partial charge in [0, 0.05) is 50.0 Å². The standard InChI is InChI=1S/C23H28N2O.C2HF3O2/c1-17(2)23(26)25-14-20-13-24(22(20)16-25)15-21(18-9-5-3-6-10-18)19-11-7-4-8-12-19;3-2(4,5)1(6)7/h3-12,17,20-22H,13-16H2,1-2H3;(H,6,7). The summed E-state index contributed by atoms with van der Waals surface area (Å²) >= 11 is 0. The number of carboxylic acids is 1. The Bertz CT molecular complexity index is 895. The molecule has 33 heavy (non-hydrogen) atoms.